The molecule has 2 aromatic rings. The van der Waals surface area contributed by atoms with Crippen molar-refractivity contribution in [3.63, 3.8) is 0 Å². The minimum Gasteiger partial charge on any atom is -0.486 e. The second-order valence-corrected chi connectivity index (χ2v) is 6.93. The predicted molar refractivity (Wildman–Crippen MR) is 103 cm³/mol. The lowest BCUT2D eigenvalue weighted by Crippen LogP contribution is -2.36. The third-order valence-corrected chi connectivity index (χ3v) is 5.03. The van der Waals surface area contributed by atoms with Crippen LogP contribution < -0.4 is 19.7 Å². The van der Waals surface area contributed by atoms with Crippen LogP contribution in [0.25, 0.3) is 0 Å². The molecular weight excluding hydrogens is 400 g/mol. The summed E-state index contributed by atoms with van der Waals surface area (Å²) in [5, 5.41) is 2.93. The second kappa shape index (κ2) is 7.55. The summed E-state index contributed by atoms with van der Waals surface area (Å²) in [6.45, 7) is 4.26. The van der Waals surface area contributed by atoms with Crippen molar-refractivity contribution in [2.24, 2.45) is 0 Å². The number of nitrogens with zero attached hydrogens (tertiary/aromatic N) is 1. The van der Waals surface area contributed by atoms with Crippen LogP contribution in [0.5, 0.6) is 11.5 Å². The summed E-state index contributed by atoms with van der Waals surface area (Å²) in [5.74, 6) is 1.04. The molecule has 0 unspecified atom stereocenters. The minimum atomic E-state index is -0.201. The van der Waals surface area contributed by atoms with Gasteiger partial charge in [-0.15, -0.1) is 0 Å². The summed E-state index contributed by atoms with van der Waals surface area (Å²) in [4.78, 5) is 14.9. The van der Waals surface area contributed by atoms with E-state index in [-0.39, 0.29) is 5.91 Å². The summed E-state index contributed by atoms with van der Waals surface area (Å²) < 4.78 is 17.1. The zero-order chi connectivity index (χ0) is 17.9. The molecule has 7 heteroatoms. The monoisotopic (exact) mass is 418 g/mol. The van der Waals surface area contributed by atoms with Gasteiger partial charge in [0.2, 0.25) is 0 Å². The third-order valence-electron chi connectivity index (χ3n) is 4.38. The van der Waals surface area contributed by atoms with Crippen LogP contribution in [0.2, 0.25) is 0 Å². The number of carbonyl (C=O) groups excluding carboxylic acids is 1. The fourth-order valence-electron chi connectivity index (χ4n) is 3.01. The number of hydrogen-bond acceptors (Lipinski definition) is 5. The van der Waals surface area contributed by atoms with Crippen molar-refractivity contribution in [1.82, 2.24) is 0 Å². The maximum atomic E-state index is 12.6. The van der Waals surface area contributed by atoms with E-state index in [1.54, 1.807) is 12.1 Å². The Morgan fingerprint density at radius 1 is 0.962 bits per heavy atom. The first-order chi connectivity index (χ1) is 12.7. The standard InChI is InChI=1S/C19H19BrN2O4/c20-16-12-18-17(25-9-10-26-18)11-15(16)19(23)21-13-1-3-14(4-2-13)22-5-7-24-8-6-22/h1-4,11-12H,5-10H2,(H,21,23). The number of morpholine rings is 1. The average Bonchev–Trinajstić information content (AvgIpc) is 2.68. The maximum absolute atomic E-state index is 12.6. The van der Waals surface area contributed by atoms with Gasteiger partial charge in [-0.25, -0.2) is 0 Å². The molecule has 6 nitrogen and oxygen atoms in total. The van der Waals surface area contributed by atoms with Gasteiger partial charge in [-0.2, -0.15) is 0 Å². The lowest BCUT2D eigenvalue weighted by molar-refractivity contribution is 0.102. The smallest absolute Gasteiger partial charge is 0.256 e. The molecular formula is C19H19BrN2O4. The van der Waals surface area contributed by atoms with Crippen LogP contribution >= 0.6 is 15.9 Å². The first-order valence-electron chi connectivity index (χ1n) is 8.54. The molecule has 1 saturated heterocycles. The molecule has 1 N–H and O–H groups in total. The second-order valence-electron chi connectivity index (χ2n) is 6.08. The molecule has 0 aliphatic carbocycles. The number of benzene rings is 2. The molecule has 0 atom stereocenters. The van der Waals surface area contributed by atoms with Crippen molar-refractivity contribution < 1.29 is 19.0 Å². The Morgan fingerprint density at radius 2 is 1.62 bits per heavy atom. The number of anilines is 2. The van der Waals surface area contributed by atoms with Crippen LogP contribution in [0, 0.1) is 0 Å². The number of nitrogens with one attached hydrogen (secondary N) is 1. The van der Waals surface area contributed by atoms with Gasteiger partial charge < -0.3 is 24.4 Å². The SMILES string of the molecule is O=C(Nc1ccc(N2CCOCC2)cc1)c1cc2c(cc1Br)OCCO2. The Labute approximate surface area is 160 Å². The van der Waals surface area contributed by atoms with Gasteiger partial charge in [0.15, 0.2) is 11.5 Å². The molecule has 1 fully saturated rings. The first-order valence-corrected chi connectivity index (χ1v) is 9.33. The number of ether oxygens (including phenoxy) is 3. The summed E-state index contributed by atoms with van der Waals surface area (Å²) in [7, 11) is 0. The molecule has 2 aliphatic heterocycles. The Bertz CT molecular complexity index is 804. The van der Waals surface area contributed by atoms with Crippen molar-refractivity contribution in [1.29, 1.82) is 0 Å². The number of hydrogen-bond donors (Lipinski definition) is 1. The predicted octanol–water partition coefficient (Wildman–Crippen LogP) is 3.31. The van der Waals surface area contributed by atoms with E-state index in [9.17, 15) is 4.79 Å². The van der Waals surface area contributed by atoms with Crippen LogP contribution in [0.1, 0.15) is 10.4 Å². The van der Waals surface area contributed by atoms with E-state index in [2.05, 4.69) is 26.1 Å². The van der Waals surface area contributed by atoms with Gasteiger partial charge in [0, 0.05) is 28.9 Å². The van der Waals surface area contributed by atoms with Gasteiger partial charge in [-0.3, -0.25) is 4.79 Å². The van der Waals surface area contributed by atoms with Crippen LogP contribution in [0.4, 0.5) is 11.4 Å². The molecule has 2 aromatic carbocycles. The minimum absolute atomic E-state index is 0.201. The molecule has 26 heavy (non-hydrogen) atoms. The Morgan fingerprint density at radius 3 is 2.31 bits per heavy atom. The number of fused-ring (bicyclic) bond motifs is 1. The normalized spacial score (nSPS) is 16.3. The lowest BCUT2D eigenvalue weighted by Gasteiger charge is -2.28. The molecule has 0 aromatic heterocycles. The third kappa shape index (κ3) is 3.64. The van der Waals surface area contributed by atoms with Crippen molar-refractivity contribution in [3.8, 4) is 11.5 Å². The van der Waals surface area contributed by atoms with Crippen molar-refractivity contribution in [2.45, 2.75) is 0 Å². The van der Waals surface area contributed by atoms with Gasteiger partial charge in [0.05, 0.1) is 18.8 Å². The molecule has 4 rings (SSSR count). The van der Waals surface area contributed by atoms with Crippen LogP contribution in [-0.2, 0) is 4.74 Å². The summed E-state index contributed by atoms with van der Waals surface area (Å²) in [6.07, 6.45) is 0. The maximum Gasteiger partial charge on any atom is 0.256 e. The van der Waals surface area contributed by atoms with E-state index in [0.29, 0.717) is 34.7 Å². The fourth-order valence-corrected chi connectivity index (χ4v) is 3.52. The van der Waals surface area contributed by atoms with E-state index in [1.807, 2.05) is 24.3 Å². The highest BCUT2D eigenvalue weighted by molar-refractivity contribution is 9.10. The largest absolute Gasteiger partial charge is 0.486 e. The van der Waals surface area contributed by atoms with E-state index >= 15 is 0 Å². The summed E-state index contributed by atoms with van der Waals surface area (Å²) >= 11 is 3.44. The number of halogens is 1. The molecule has 2 heterocycles. The highest BCUT2D eigenvalue weighted by Crippen LogP contribution is 2.35. The topological polar surface area (TPSA) is 60.0 Å². The van der Waals surface area contributed by atoms with E-state index in [0.717, 1.165) is 37.7 Å². The zero-order valence-electron chi connectivity index (χ0n) is 14.2. The number of rotatable bonds is 3. The molecule has 0 radical (unpaired) electrons. The number of amides is 1. The van der Waals surface area contributed by atoms with Gasteiger partial charge >= 0.3 is 0 Å². The summed E-state index contributed by atoms with van der Waals surface area (Å²) in [5.41, 5.74) is 2.38. The van der Waals surface area contributed by atoms with Crippen molar-refractivity contribution >= 4 is 33.2 Å². The van der Waals surface area contributed by atoms with Crippen molar-refractivity contribution in [3.05, 3.63) is 46.4 Å². The van der Waals surface area contributed by atoms with Gasteiger partial charge in [0.25, 0.3) is 5.91 Å². The molecule has 0 bridgehead atoms. The lowest BCUT2D eigenvalue weighted by atomic mass is 10.1. The highest BCUT2D eigenvalue weighted by atomic mass is 79.9. The van der Waals surface area contributed by atoms with Gasteiger partial charge in [0.1, 0.15) is 13.2 Å². The highest BCUT2D eigenvalue weighted by Gasteiger charge is 2.19. The van der Waals surface area contributed by atoms with Crippen LogP contribution in [0.3, 0.4) is 0 Å². The molecule has 0 spiro atoms. The van der Waals surface area contributed by atoms with Crippen LogP contribution in [-0.4, -0.2) is 45.4 Å². The van der Waals surface area contributed by atoms with E-state index in [4.69, 9.17) is 14.2 Å². The Hall–Kier alpha value is -2.25. The molecule has 0 saturated carbocycles. The van der Waals surface area contributed by atoms with Crippen molar-refractivity contribution in [2.75, 3.05) is 49.7 Å². The van der Waals surface area contributed by atoms with Gasteiger partial charge in [-0.05, 0) is 52.3 Å². The zero-order valence-corrected chi connectivity index (χ0v) is 15.8. The average molecular weight is 419 g/mol. The quantitative estimate of drug-likeness (QED) is 0.828. The molecule has 2 aliphatic rings. The molecule has 136 valence electrons. The van der Waals surface area contributed by atoms with Crippen LogP contribution in [0.15, 0.2) is 40.9 Å². The van der Waals surface area contributed by atoms with E-state index in [1.165, 1.54) is 0 Å². The van der Waals surface area contributed by atoms with E-state index < -0.39 is 0 Å². The molecule has 1 amide bonds. The Kier molecular flexibility index (Phi) is 4.99. The van der Waals surface area contributed by atoms with Gasteiger partial charge in [-0.1, -0.05) is 0 Å². The Balaban J connectivity index is 1.47. The first kappa shape index (κ1) is 17.2. The summed E-state index contributed by atoms with van der Waals surface area (Å²) in [6, 6.07) is 11.3. The fraction of sp³-hybridized carbons (Fsp3) is 0.316. The number of carbonyl (C=O) groups is 1.